The van der Waals surface area contributed by atoms with Gasteiger partial charge in [-0.05, 0) is 17.7 Å². The third-order valence-corrected chi connectivity index (χ3v) is 6.80. The number of anilines is 1. The van der Waals surface area contributed by atoms with Crippen LogP contribution in [0.25, 0.3) is 11.0 Å². The predicted molar refractivity (Wildman–Crippen MR) is 140 cm³/mol. The molecule has 3 N–H and O–H groups in total. The Bertz CT molecular complexity index is 1600. The van der Waals surface area contributed by atoms with Gasteiger partial charge in [-0.25, -0.2) is 9.78 Å². The van der Waals surface area contributed by atoms with E-state index in [2.05, 4.69) is 20.3 Å². The average Bonchev–Trinajstić information content (AvgIpc) is 3.28. The Kier molecular flexibility index (Phi) is 7.33. The lowest BCUT2D eigenvalue weighted by Crippen LogP contribution is -2.48. The fourth-order valence-corrected chi connectivity index (χ4v) is 4.50. The molecule has 5 rings (SSSR count). The zero-order valence-electron chi connectivity index (χ0n) is 21.8. The van der Waals surface area contributed by atoms with Gasteiger partial charge in [0.1, 0.15) is 17.0 Å². The number of H-pyrrole nitrogens is 1. The molecule has 0 spiro atoms. The van der Waals surface area contributed by atoms with E-state index in [1.807, 2.05) is 4.90 Å². The van der Waals surface area contributed by atoms with Crippen molar-refractivity contribution in [2.24, 2.45) is 0 Å². The number of piperazine rings is 1. The van der Waals surface area contributed by atoms with Gasteiger partial charge in [0.25, 0.3) is 17.7 Å². The van der Waals surface area contributed by atoms with Crippen LogP contribution in [0, 0.1) is 0 Å². The molecule has 4 amide bonds. The number of rotatable bonds is 6. The van der Waals surface area contributed by atoms with Crippen molar-refractivity contribution in [3.8, 4) is 5.75 Å². The number of aromatic amines is 1. The Hall–Kier alpha value is -5.34. The molecule has 3 aromatic rings. The number of phenols is 1. The highest BCUT2D eigenvalue weighted by atomic mass is 16.7. The highest BCUT2D eigenvalue weighted by Gasteiger charge is 2.36. The summed E-state index contributed by atoms with van der Waals surface area (Å²) in [5.41, 5.74) is -0.706. The number of amides is 4. The van der Waals surface area contributed by atoms with Crippen LogP contribution in [0.15, 0.2) is 41.5 Å². The number of hydrogen-bond acceptors (Lipinski definition) is 11. The largest absolute Gasteiger partial charge is 0.508 e. The summed E-state index contributed by atoms with van der Waals surface area (Å²) in [5.74, 6) is -3.28. The van der Waals surface area contributed by atoms with E-state index in [9.17, 15) is 33.9 Å². The van der Waals surface area contributed by atoms with Gasteiger partial charge in [0.05, 0.1) is 5.39 Å². The van der Waals surface area contributed by atoms with E-state index in [0.717, 1.165) is 6.20 Å². The van der Waals surface area contributed by atoms with Crippen LogP contribution >= 0.6 is 0 Å². The molecule has 1 aromatic carbocycles. The number of carbonyl (C=O) groups is 5. The number of hydrogen-bond donors (Lipinski definition) is 3. The molecule has 15 heteroatoms. The lowest BCUT2D eigenvalue weighted by atomic mass is 10.1. The molecule has 0 saturated carbocycles. The number of aromatic hydroxyl groups is 1. The first-order valence-electron chi connectivity index (χ1n) is 12.7. The van der Waals surface area contributed by atoms with Crippen molar-refractivity contribution in [2.45, 2.75) is 25.8 Å². The molecule has 15 nitrogen and oxygen atoms in total. The second-order valence-electron chi connectivity index (χ2n) is 9.45. The third-order valence-electron chi connectivity index (χ3n) is 6.80. The van der Waals surface area contributed by atoms with E-state index in [0.29, 0.717) is 37.2 Å². The summed E-state index contributed by atoms with van der Waals surface area (Å²) in [7, 11) is 0. The van der Waals surface area contributed by atoms with Gasteiger partial charge in [-0.2, -0.15) is 4.98 Å². The van der Waals surface area contributed by atoms with Crippen molar-refractivity contribution in [2.75, 3.05) is 31.1 Å². The number of benzene rings is 1. The number of hydroxylamine groups is 2. The highest BCUT2D eigenvalue weighted by Crippen LogP contribution is 2.22. The second kappa shape index (κ2) is 11.0. The first-order chi connectivity index (χ1) is 19.6. The topological polar surface area (TPSA) is 195 Å². The van der Waals surface area contributed by atoms with E-state index >= 15 is 0 Å². The first-order valence-corrected chi connectivity index (χ1v) is 12.7. The molecule has 2 aliphatic rings. The minimum absolute atomic E-state index is 0.0156. The van der Waals surface area contributed by atoms with Crippen molar-refractivity contribution < 1.29 is 33.9 Å². The summed E-state index contributed by atoms with van der Waals surface area (Å²) in [6, 6.07) is 3.68. The van der Waals surface area contributed by atoms with E-state index in [4.69, 9.17) is 4.84 Å². The molecule has 0 aliphatic carbocycles. The maximum absolute atomic E-state index is 13.2. The van der Waals surface area contributed by atoms with Gasteiger partial charge in [-0.15, -0.1) is 5.06 Å². The smallest absolute Gasteiger partial charge is 0.359 e. The molecular formula is C26H25N7O8. The van der Waals surface area contributed by atoms with Crippen LogP contribution in [0.3, 0.4) is 0 Å². The Morgan fingerprint density at radius 2 is 1.68 bits per heavy atom. The Morgan fingerprint density at radius 1 is 1.02 bits per heavy atom. The molecule has 212 valence electrons. The van der Waals surface area contributed by atoms with Gasteiger partial charge in [0.2, 0.25) is 17.3 Å². The fourth-order valence-electron chi connectivity index (χ4n) is 4.50. The number of pyridine rings is 1. The number of aromatic nitrogens is 3. The molecule has 41 heavy (non-hydrogen) atoms. The molecule has 4 heterocycles. The normalized spacial score (nSPS) is 16.2. The van der Waals surface area contributed by atoms with Crippen LogP contribution in [0.2, 0.25) is 0 Å². The monoisotopic (exact) mass is 563 g/mol. The quantitative estimate of drug-likeness (QED) is 0.335. The van der Waals surface area contributed by atoms with E-state index in [1.165, 1.54) is 37.4 Å². The molecule has 0 radical (unpaired) electrons. The van der Waals surface area contributed by atoms with Gasteiger partial charge in [0, 0.05) is 58.3 Å². The number of carbonyl (C=O) groups excluding carboxylic acids is 5. The maximum Gasteiger partial charge on any atom is 0.359 e. The molecule has 0 unspecified atom stereocenters. The lowest BCUT2D eigenvalue weighted by molar-refractivity contribution is -0.199. The van der Waals surface area contributed by atoms with Crippen molar-refractivity contribution in [3.05, 3.63) is 58.0 Å². The van der Waals surface area contributed by atoms with Gasteiger partial charge >= 0.3 is 5.97 Å². The maximum atomic E-state index is 13.2. The van der Waals surface area contributed by atoms with Crippen molar-refractivity contribution in [1.29, 1.82) is 0 Å². The lowest BCUT2D eigenvalue weighted by Gasteiger charge is -2.34. The standard InChI is InChI=1S/C26H25N7O8/c1-14(34)31-8-10-32(11-9-31)26-28-12-17-22(38)18(13-27-23(17)30-26)24(39)29-21(15-2-4-16(35)5-3-15)25(40)41-33-19(36)6-7-20(33)37/h2-5,12-13,21,35H,6-11H2,1H3,(H,29,39)(H,27,28,30,38)/t21-/m1/s1. The fraction of sp³-hybridized carbons (Fsp3) is 0.308. The average molecular weight is 564 g/mol. The van der Waals surface area contributed by atoms with E-state index < -0.39 is 35.2 Å². The second-order valence-corrected chi connectivity index (χ2v) is 9.45. The summed E-state index contributed by atoms with van der Waals surface area (Å²) in [6.07, 6.45) is 2.21. The Morgan fingerprint density at radius 3 is 2.32 bits per heavy atom. The van der Waals surface area contributed by atoms with Gasteiger partial charge in [-0.1, -0.05) is 12.1 Å². The van der Waals surface area contributed by atoms with E-state index in [1.54, 1.807) is 4.90 Å². The number of nitrogens with zero attached hydrogens (tertiary/aromatic N) is 5. The van der Waals surface area contributed by atoms with Crippen LogP contribution in [-0.4, -0.2) is 85.8 Å². The van der Waals surface area contributed by atoms with Crippen molar-refractivity contribution in [1.82, 2.24) is 30.2 Å². The molecule has 0 bridgehead atoms. The summed E-state index contributed by atoms with van der Waals surface area (Å²) in [6.45, 7) is 3.55. The molecule has 2 saturated heterocycles. The summed E-state index contributed by atoms with van der Waals surface area (Å²) in [4.78, 5) is 95.0. The molecule has 2 aliphatic heterocycles. The zero-order valence-corrected chi connectivity index (χ0v) is 21.8. The highest BCUT2D eigenvalue weighted by molar-refractivity contribution is 6.02. The summed E-state index contributed by atoms with van der Waals surface area (Å²) in [5, 5.41) is 12.4. The summed E-state index contributed by atoms with van der Waals surface area (Å²) < 4.78 is 0. The molecular weight excluding hydrogens is 538 g/mol. The summed E-state index contributed by atoms with van der Waals surface area (Å²) >= 11 is 0. The molecule has 1 atom stereocenters. The van der Waals surface area contributed by atoms with Crippen LogP contribution in [0.5, 0.6) is 5.75 Å². The number of fused-ring (bicyclic) bond motifs is 1. The number of imide groups is 1. The minimum Gasteiger partial charge on any atom is -0.508 e. The van der Waals surface area contributed by atoms with Gasteiger partial charge < -0.3 is 30.0 Å². The first kappa shape index (κ1) is 27.2. The van der Waals surface area contributed by atoms with Gasteiger partial charge in [0.15, 0.2) is 6.04 Å². The third kappa shape index (κ3) is 5.54. The molecule has 2 aromatic heterocycles. The SMILES string of the molecule is CC(=O)N1CCN(c2ncc3c(=O)c(C(=O)N[C@@H](C(=O)ON4C(=O)CCC4=O)c4ccc(O)cc4)c[nH]c3n2)CC1. The Balaban J connectivity index is 1.38. The molecule has 2 fully saturated rings. The Labute approximate surface area is 231 Å². The number of phenolic OH excluding ortho intramolecular Hbond substituents is 1. The minimum atomic E-state index is -1.54. The van der Waals surface area contributed by atoms with Crippen LogP contribution < -0.4 is 15.6 Å². The van der Waals surface area contributed by atoms with Crippen molar-refractivity contribution in [3.63, 3.8) is 0 Å². The van der Waals surface area contributed by atoms with Crippen molar-refractivity contribution >= 4 is 46.6 Å². The predicted octanol–water partition coefficient (Wildman–Crippen LogP) is -0.229. The number of nitrogens with one attached hydrogen (secondary N) is 2. The zero-order chi connectivity index (χ0) is 29.3. The van der Waals surface area contributed by atoms with Crippen LogP contribution in [0.4, 0.5) is 5.95 Å². The van der Waals surface area contributed by atoms with Crippen LogP contribution in [-0.2, 0) is 24.0 Å². The van der Waals surface area contributed by atoms with Crippen LogP contribution in [0.1, 0.15) is 41.7 Å². The van der Waals surface area contributed by atoms with E-state index in [-0.39, 0.29) is 46.7 Å². The van der Waals surface area contributed by atoms with Gasteiger partial charge in [-0.3, -0.25) is 24.0 Å².